The molecule has 0 radical (unpaired) electrons. The molecule has 9 heteroatoms. The van der Waals surface area contributed by atoms with Crippen LogP contribution in [0.3, 0.4) is 0 Å². The number of aromatic nitrogens is 1. The SMILES string of the molecule is CCCCN(C)C(=O)CCCCCCCN(C(C)=O)c1c(-c2ccc(OC(C)=O)cc2)n(Cc2ccccc2)c2ccc(OC(C)=O)cc12. The molecule has 4 rings (SSSR count). The van der Waals surface area contributed by atoms with Gasteiger partial charge in [0, 0.05) is 64.8 Å². The van der Waals surface area contributed by atoms with Crippen LogP contribution in [-0.2, 0) is 25.7 Å². The Kier molecular flexibility index (Phi) is 13.6. The molecule has 260 valence electrons. The molecule has 0 fully saturated rings. The number of nitrogens with zero attached hydrogens (tertiary/aromatic N) is 3. The van der Waals surface area contributed by atoms with Gasteiger partial charge in [0.15, 0.2) is 0 Å². The van der Waals surface area contributed by atoms with Gasteiger partial charge in [-0.1, -0.05) is 62.9 Å². The van der Waals surface area contributed by atoms with E-state index in [9.17, 15) is 19.2 Å². The number of rotatable bonds is 17. The van der Waals surface area contributed by atoms with Crippen molar-refractivity contribution in [3.8, 4) is 22.8 Å². The summed E-state index contributed by atoms with van der Waals surface area (Å²) in [6.07, 6.45) is 7.12. The van der Waals surface area contributed by atoms with Gasteiger partial charge in [0.2, 0.25) is 11.8 Å². The Balaban J connectivity index is 1.67. The van der Waals surface area contributed by atoms with Crippen molar-refractivity contribution < 1.29 is 28.7 Å². The summed E-state index contributed by atoms with van der Waals surface area (Å²) in [6.45, 7) is 8.26. The Bertz CT molecular complexity index is 1730. The number of carbonyl (C=O) groups excluding carboxylic acids is 4. The minimum atomic E-state index is -0.427. The normalized spacial score (nSPS) is 11.0. The third kappa shape index (κ3) is 10.3. The highest BCUT2D eigenvalue weighted by molar-refractivity contribution is 6.10. The molecule has 0 bridgehead atoms. The molecule has 0 aliphatic heterocycles. The largest absolute Gasteiger partial charge is 0.427 e. The van der Waals surface area contributed by atoms with Crippen LogP contribution in [0.25, 0.3) is 22.2 Å². The molecule has 49 heavy (non-hydrogen) atoms. The molecular formula is C40H49N3O6. The second-order valence-electron chi connectivity index (χ2n) is 12.5. The summed E-state index contributed by atoms with van der Waals surface area (Å²) in [4.78, 5) is 53.1. The summed E-state index contributed by atoms with van der Waals surface area (Å²) in [5, 5.41) is 0.787. The summed E-state index contributed by atoms with van der Waals surface area (Å²) in [7, 11) is 1.88. The molecule has 0 N–H and O–H groups in total. The first-order valence-electron chi connectivity index (χ1n) is 17.3. The van der Waals surface area contributed by atoms with Gasteiger partial charge < -0.3 is 23.8 Å². The Morgan fingerprint density at radius 1 is 0.714 bits per heavy atom. The number of fused-ring (bicyclic) bond motifs is 1. The number of anilines is 1. The van der Waals surface area contributed by atoms with E-state index in [-0.39, 0.29) is 11.8 Å². The third-order valence-corrected chi connectivity index (χ3v) is 8.54. The fourth-order valence-corrected chi connectivity index (χ4v) is 6.10. The van der Waals surface area contributed by atoms with Crippen molar-refractivity contribution in [3.63, 3.8) is 0 Å². The van der Waals surface area contributed by atoms with Gasteiger partial charge in [0.25, 0.3) is 0 Å². The fourth-order valence-electron chi connectivity index (χ4n) is 6.10. The van der Waals surface area contributed by atoms with Crippen molar-refractivity contribution in [2.75, 3.05) is 25.0 Å². The third-order valence-electron chi connectivity index (χ3n) is 8.54. The zero-order valence-electron chi connectivity index (χ0n) is 29.5. The van der Waals surface area contributed by atoms with Gasteiger partial charge in [-0.05, 0) is 67.3 Å². The number of hydrogen-bond donors (Lipinski definition) is 0. The predicted molar refractivity (Wildman–Crippen MR) is 194 cm³/mol. The van der Waals surface area contributed by atoms with E-state index in [0.717, 1.165) is 84.9 Å². The van der Waals surface area contributed by atoms with E-state index in [1.165, 1.54) is 13.8 Å². The van der Waals surface area contributed by atoms with Crippen LogP contribution in [0.2, 0.25) is 0 Å². The molecule has 0 aliphatic carbocycles. The van der Waals surface area contributed by atoms with E-state index in [1.54, 1.807) is 25.1 Å². The number of benzene rings is 3. The summed E-state index contributed by atoms with van der Waals surface area (Å²) < 4.78 is 13.0. The minimum absolute atomic E-state index is 0.102. The molecule has 0 aliphatic rings. The first-order chi connectivity index (χ1) is 23.6. The molecule has 9 nitrogen and oxygen atoms in total. The summed E-state index contributed by atoms with van der Waals surface area (Å²) in [6, 6.07) is 22.9. The second kappa shape index (κ2) is 18.0. The van der Waals surface area contributed by atoms with Gasteiger partial charge in [-0.25, -0.2) is 0 Å². The van der Waals surface area contributed by atoms with Gasteiger partial charge in [0.1, 0.15) is 11.5 Å². The number of amides is 2. The lowest BCUT2D eigenvalue weighted by Gasteiger charge is -2.24. The summed E-state index contributed by atoms with van der Waals surface area (Å²) in [5.74, 6) is 0.0911. The van der Waals surface area contributed by atoms with Gasteiger partial charge in [-0.2, -0.15) is 0 Å². The molecule has 0 atom stereocenters. The molecule has 2 amide bonds. The standard InChI is InChI=1S/C40H49N3O6/c1-6-7-25-41(5)38(47)18-14-9-8-10-15-26-42(29(2)44)40-36-27-35(49-31(4)46)23-24-37(36)43(28-32-16-12-11-13-17-32)39(40)33-19-21-34(22-20-33)48-30(3)45/h11-13,16-17,19-24,27H,6-10,14-15,18,25-26,28H2,1-5H3. The Morgan fingerprint density at radius 2 is 1.35 bits per heavy atom. The van der Waals surface area contributed by atoms with E-state index < -0.39 is 11.9 Å². The fraction of sp³-hybridized carbons (Fsp3) is 0.400. The average Bonchev–Trinajstić information content (AvgIpc) is 3.37. The van der Waals surface area contributed by atoms with Gasteiger partial charge >= 0.3 is 11.9 Å². The van der Waals surface area contributed by atoms with E-state index >= 15 is 0 Å². The number of esters is 2. The van der Waals surface area contributed by atoms with Crippen molar-refractivity contribution in [2.24, 2.45) is 0 Å². The van der Waals surface area contributed by atoms with Crippen LogP contribution in [-0.4, -0.2) is 53.4 Å². The maximum absolute atomic E-state index is 13.5. The highest BCUT2D eigenvalue weighted by Gasteiger charge is 2.26. The molecule has 3 aromatic carbocycles. The highest BCUT2D eigenvalue weighted by atomic mass is 16.5. The lowest BCUT2D eigenvalue weighted by atomic mass is 10.1. The first kappa shape index (κ1) is 36.9. The molecule has 4 aromatic rings. The van der Waals surface area contributed by atoms with E-state index in [2.05, 4.69) is 23.6 Å². The monoisotopic (exact) mass is 667 g/mol. The zero-order chi connectivity index (χ0) is 35.3. The van der Waals surface area contributed by atoms with Crippen molar-refractivity contribution in [3.05, 3.63) is 78.4 Å². The molecule has 1 heterocycles. The van der Waals surface area contributed by atoms with E-state index in [0.29, 0.717) is 31.0 Å². The Hall–Kier alpha value is -4.92. The number of ether oxygens (including phenoxy) is 2. The highest BCUT2D eigenvalue weighted by Crippen LogP contribution is 2.43. The molecule has 1 aromatic heterocycles. The van der Waals surface area contributed by atoms with Crippen LogP contribution < -0.4 is 14.4 Å². The van der Waals surface area contributed by atoms with Crippen LogP contribution in [0.1, 0.15) is 84.6 Å². The lowest BCUT2D eigenvalue weighted by molar-refractivity contribution is -0.132. The van der Waals surface area contributed by atoms with Crippen LogP contribution >= 0.6 is 0 Å². The van der Waals surface area contributed by atoms with Crippen molar-refractivity contribution in [1.29, 1.82) is 0 Å². The van der Waals surface area contributed by atoms with Crippen molar-refractivity contribution in [1.82, 2.24) is 9.47 Å². The van der Waals surface area contributed by atoms with Crippen molar-refractivity contribution in [2.45, 2.75) is 85.6 Å². The first-order valence-corrected chi connectivity index (χ1v) is 17.3. The van der Waals surface area contributed by atoms with Crippen LogP contribution in [0.4, 0.5) is 5.69 Å². The topological polar surface area (TPSA) is 98.2 Å². The van der Waals surface area contributed by atoms with Gasteiger partial charge in [0.05, 0.1) is 16.9 Å². The van der Waals surface area contributed by atoms with E-state index in [1.807, 2.05) is 59.3 Å². The van der Waals surface area contributed by atoms with Gasteiger partial charge in [-0.15, -0.1) is 0 Å². The molecule has 0 unspecified atom stereocenters. The van der Waals surface area contributed by atoms with Gasteiger partial charge in [-0.3, -0.25) is 19.2 Å². The second-order valence-corrected chi connectivity index (χ2v) is 12.5. The number of hydrogen-bond acceptors (Lipinski definition) is 6. The van der Waals surface area contributed by atoms with Crippen LogP contribution in [0.5, 0.6) is 11.5 Å². The molecule has 0 saturated heterocycles. The summed E-state index contributed by atoms with van der Waals surface area (Å²) >= 11 is 0. The zero-order valence-corrected chi connectivity index (χ0v) is 29.5. The lowest BCUT2D eigenvalue weighted by Crippen LogP contribution is -2.30. The minimum Gasteiger partial charge on any atom is -0.427 e. The van der Waals surface area contributed by atoms with Crippen LogP contribution in [0.15, 0.2) is 72.8 Å². The number of unbranched alkanes of at least 4 members (excludes halogenated alkanes) is 5. The quantitative estimate of drug-likeness (QED) is 0.0640. The Labute approximate surface area is 289 Å². The molecule has 0 spiro atoms. The maximum atomic E-state index is 13.5. The van der Waals surface area contributed by atoms with E-state index in [4.69, 9.17) is 9.47 Å². The Morgan fingerprint density at radius 3 is 2.00 bits per heavy atom. The van der Waals surface area contributed by atoms with Crippen LogP contribution in [0, 0.1) is 0 Å². The van der Waals surface area contributed by atoms with Crippen molar-refractivity contribution >= 4 is 40.3 Å². The summed E-state index contributed by atoms with van der Waals surface area (Å²) in [5.41, 5.74) is 4.36. The average molecular weight is 668 g/mol. The molecule has 0 saturated carbocycles. The maximum Gasteiger partial charge on any atom is 0.308 e. The number of carbonyl (C=O) groups is 4. The smallest absolute Gasteiger partial charge is 0.308 e. The predicted octanol–water partition coefficient (Wildman–Crippen LogP) is 8.16. The molecular weight excluding hydrogens is 618 g/mol.